The molecule has 0 aliphatic heterocycles. The van der Waals surface area contributed by atoms with Crippen LogP contribution in [0.1, 0.15) is 25.0 Å². The summed E-state index contributed by atoms with van der Waals surface area (Å²) in [5.41, 5.74) is 0.763. The van der Waals surface area contributed by atoms with E-state index in [1.807, 2.05) is 41.9 Å². The van der Waals surface area contributed by atoms with E-state index in [0.717, 1.165) is 11.1 Å². The zero-order chi connectivity index (χ0) is 16.2. The van der Waals surface area contributed by atoms with E-state index in [1.54, 1.807) is 13.0 Å². The van der Waals surface area contributed by atoms with Crippen molar-refractivity contribution < 1.29 is 9.53 Å². The molecule has 0 N–H and O–H groups in total. The number of ether oxygens (including phenoxy) is 1. The second-order valence-corrected chi connectivity index (χ2v) is 6.20. The van der Waals surface area contributed by atoms with Crippen LogP contribution in [-0.2, 0) is 14.9 Å². The lowest BCUT2D eigenvalue weighted by atomic mass is 9.68. The smallest absolute Gasteiger partial charge is 0.324 e. The Labute approximate surface area is 139 Å². The number of hydrogen-bond acceptors (Lipinski definition) is 4. The highest BCUT2D eigenvalue weighted by molar-refractivity contribution is 7.08. The van der Waals surface area contributed by atoms with Crippen LogP contribution in [0.15, 0.2) is 41.1 Å². The molecule has 0 saturated heterocycles. The number of nitrogens with zero attached hydrogens (tertiary/aromatic N) is 1. The highest BCUT2D eigenvalue weighted by atomic mass is 35.5. The van der Waals surface area contributed by atoms with Gasteiger partial charge in [0.25, 0.3) is 0 Å². The molecule has 0 aliphatic rings. The van der Waals surface area contributed by atoms with Gasteiger partial charge in [0.05, 0.1) is 12.7 Å². The van der Waals surface area contributed by atoms with Gasteiger partial charge in [-0.15, -0.1) is 0 Å². The van der Waals surface area contributed by atoms with Gasteiger partial charge in [-0.1, -0.05) is 29.8 Å². The number of halogens is 1. The van der Waals surface area contributed by atoms with Crippen LogP contribution in [-0.4, -0.2) is 12.6 Å². The number of esters is 1. The number of hydrogen-bond donors (Lipinski definition) is 0. The molecule has 0 aliphatic carbocycles. The average Bonchev–Trinajstić information content (AvgIpc) is 3.03. The zero-order valence-electron chi connectivity index (χ0n) is 12.4. The van der Waals surface area contributed by atoms with Gasteiger partial charge in [0.2, 0.25) is 0 Å². The van der Waals surface area contributed by atoms with E-state index in [2.05, 4.69) is 6.07 Å². The Morgan fingerprint density at radius 2 is 2.18 bits per heavy atom. The fraction of sp³-hybridized carbons (Fsp3) is 0.294. The first-order chi connectivity index (χ1) is 10.6. The number of rotatable bonds is 5. The van der Waals surface area contributed by atoms with Crippen molar-refractivity contribution in [3.05, 3.63) is 57.2 Å². The van der Waals surface area contributed by atoms with Gasteiger partial charge in [-0.2, -0.15) is 16.6 Å². The van der Waals surface area contributed by atoms with Crippen molar-refractivity contribution in [3.8, 4) is 6.07 Å². The molecule has 2 aromatic rings. The Bertz CT molecular complexity index is 693. The number of carbonyl (C=O) groups excluding carboxylic acids is 1. The predicted molar refractivity (Wildman–Crippen MR) is 88.0 cm³/mol. The summed E-state index contributed by atoms with van der Waals surface area (Å²) < 4.78 is 5.10. The topological polar surface area (TPSA) is 50.1 Å². The zero-order valence-corrected chi connectivity index (χ0v) is 13.9. The lowest BCUT2D eigenvalue weighted by Gasteiger charge is -2.33. The SMILES string of the molecule is CCOC(=O)C(C#N)C(C)(c1ccsc1)c1ccccc1Cl. The molecule has 2 atom stereocenters. The largest absolute Gasteiger partial charge is 0.465 e. The van der Waals surface area contributed by atoms with Gasteiger partial charge < -0.3 is 4.74 Å². The van der Waals surface area contributed by atoms with Crippen LogP contribution in [0, 0.1) is 17.2 Å². The molecule has 3 nitrogen and oxygen atoms in total. The Hall–Kier alpha value is -1.83. The lowest BCUT2D eigenvalue weighted by molar-refractivity contribution is -0.147. The Kier molecular flexibility index (Phi) is 5.23. The minimum atomic E-state index is -0.970. The molecule has 1 heterocycles. The van der Waals surface area contributed by atoms with Crippen LogP contribution in [0.3, 0.4) is 0 Å². The fourth-order valence-corrected chi connectivity index (χ4v) is 3.67. The summed E-state index contributed by atoms with van der Waals surface area (Å²) in [7, 11) is 0. The Morgan fingerprint density at radius 3 is 2.73 bits per heavy atom. The monoisotopic (exact) mass is 333 g/mol. The third kappa shape index (κ3) is 2.87. The molecule has 1 aromatic carbocycles. The second kappa shape index (κ2) is 6.95. The molecular weight excluding hydrogens is 318 g/mol. The molecule has 2 rings (SSSR count). The van der Waals surface area contributed by atoms with E-state index in [9.17, 15) is 10.1 Å². The third-order valence-electron chi connectivity index (χ3n) is 3.78. The average molecular weight is 334 g/mol. The maximum Gasteiger partial charge on any atom is 0.324 e. The van der Waals surface area contributed by atoms with E-state index < -0.39 is 17.3 Å². The summed E-state index contributed by atoms with van der Waals surface area (Å²) >= 11 is 7.87. The summed E-state index contributed by atoms with van der Waals surface area (Å²) in [6.07, 6.45) is 0. The minimum absolute atomic E-state index is 0.235. The van der Waals surface area contributed by atoms with Crippen LogP contribution in [0.4, 0.5) is 0 Å². The van der Waals surface area contributed by atoms with Gasteiger partial charge in [0.15, 0.2) is 5.92 Å². The molecule has 114 valence electrons. The maximum atomic E-state index is 12.3. The van der Waals surface area contributed by atoms with Gasteiger partial charge in [-0.05, 0) is 47.9 Å². The number of nitriles is 1. The van der Waals surface area contributed by atoms with Crippen LogP contribution in [0.5, 0.6) is 0 Å². The van der Waals surface area contributed by atoms with Crippen molar-refractivity contribution in [3.63, 3.8) is 0 Å². The minimum Gasteiger partial charge on any atom is -0.465 e. The highest BCUT2D eigenvalue weighted by Crippen LogP contribution is 2.43. The van der Waals surface area contributed by atoms with Crippen molar-refractivity contribution in [2.45, 2.75) is 19.3 Å². The fourth-order valence-electron chi connectivity index (χ4n) is 2.56. The summed E-state index contributed by atoms with van der Waals surface area (Å²) in [5.74, 6) is -1.50. The molecule has 0 bridgehead atoms. The highest BCUT2D eigenvalue weighted by Gasteiger charge is 2.44. The van der Waals surface area contributed by atoms with Crippen LogP contribution >= 0.6 is 22.9 Å². The lowest BCUT2D eigenvalue weighted by Crippen LogP contribution is -2.38. The first-order valence-electron chi connectivity index (χ1n) is 6.89. The van der Waals surface area contributed by atoms with Crippen LogP contribution < -0.4 is 0 Å². The molecule has 5 heteroatoms. The first kappa shape index (κ1) is 16.5. The molecule has 0 saturated carbocycles. The Morgan fingerprint density at radius 1 is 1.45 bits per heavy atom. The summed E-state index contributed by atoms with van der Waals surface area (Å²) in [6.45, 7) is 3.82. The van der Waals surface area contributed by atoms with Crippen molar-refractivity contribution in [2.24, 2.45) is 5.92 Å². The van der Waals surface area contributed by atoms with E-state index in [4.69, 9.17) is 16.3 Å². The Balaban J connectivity index is 2.64. The number of benzene rings is 1. The molecular formula is C17H16ClNO2S. The quantitative estimate of drug-likeness (QED) is 0.761. The molecule has 22 heavy (non-hydrogen) atoms. The number of thiophene rings is 1. The molecule has 0 radical (unpaired) electrons. The third-order valence-corrected chi connectivity index (χ3v) is 4.80. The van der Waals surface area contributed by atoms with Gasteiger partial charge in [0.1, 0.15) is 0 Å². The van der Waals surface area contributed by atoms with E-state index in [1.165, 1.54) is 11.3 Å². The van der Waals surface area contributed by atoms with Crippen molar-refractivity contribution >= 4 is 28.9 Å². The van der Waals surface area contributed by atoms with Crippen molar-refractivity contribution in [2.75, 3.05) is 6.61 Å². The second-order valence-electron chi connectivity index (χ2n) is 5.01. The first-order valence-corrected chi connectivity index (χ1v) is 8.21. The van der Waals surface area contributed by atoms with E-state index in [0.29, 0.717) is 5.02 Å². The maximum absolute atomic E-state index is 12.3. The van der Waals surface area contributed by atoms with Crippen LogP contribution in [0.2, 0.25) is 5.02 Å². The molecule has 0 fully saturated rings. The van der Waals surface area contributed by atoms with Crippen LogP contribution in [0.25, 0.3) is 0 Å². The molecule has 1 aromatic heterocycles. The standard InChI is InChI=1S/C17H16ClNO2S/c1-3-21-16(20)14(10-19)17(2,12-8-9-22-11-12)13-6-4-5-7-15(13)18/h4-9,11,14H,3H2,1-2H3. The molecule has 2 unspecified atom stereocenters. The van der Waals surface area contributed by atoms with Crippen molar-refractivity contribution in [1.82, 2.24) is 0 Å². The summed E-state index contributed by atoms with van der Waals surface area (Å²) in [6, 6.07) is 11.3. The molecule has 0 amide bonds. The number of carbonyl (C=O) groups is 1. The van der Waals surface area contributed by atoms with Gasteiger partial charge in [-0.25, -0.2) is 0 Å². The van der Waals surface area contributed by atoms with E-state index >= 15 is 0 Å². The predicted octanol–water partition coefficient (Wildman–Crippen LogP) is 4.41. The van der Waals surface area contributed by atoms with Crippen molar-refractivity contribution in [1.29, 1.82) is 5.26 Å². The van der Waals surface area contributed by atoms with Gasteiger partial charge in [0, 0.05) is 10.4 Å². The normalized spacial score (nSPS) is 14.6. The summed E-state index contributed by atoms with van der Waals surface area (Å²) in [5, 5.41) is 14.0. The van der Waals surface area contributed by atoms with E-state index in [-0.39, 0.29) is 6.61 Å². The van der Waals surface area contributed by atoms with Gasteiger partial charge >= 0.3 is 5.97 Å². The molecule has 0 spiro atoms. The summed E-state index contributed by atoms with van der Waals surface area (Å²) in [4.78, 5) is 12.3. The van der Waals surface area contributed by atoms with Gasteiger partial charge in [-0.3, -0.25) is 4.79 Å².